The molecule has 0 saturated carbocycles. The van der Waals surface area contributed by atoms with Gasteiger partial charge in [-0.25, -0.2) is 9.78 Å². The second-order valence-corrected chi connectivity index (χ2v) is 4.58. The van der Waals surface area contributed by atoms with Gasteiger partial charge < -0.3 is 10.4 Å². The van der Waals surface area contributed by atoms with Crippen LogP contribution in [-0.2, 0) is 6.54 Å². The molecule has 0 unspecified atom stereocenters. The van der Waals surface area contributed by atoms with Crippen LogP contribution < -0.4 is 5.32 Å². The first-order valence-corrected chi connectivity index (χ1v) is 6.08. The molecule has 0 amide bonds. The number of carboxylic acid groups (broad SMARTS) is 1. The highest BCUT2D eigenvalue weighted by molar-refractivity contribution is 7.14. The summed E-state index contributed by atoms with van der Waals surface area (Å²) >= 11 is 7.12. The van der Waals surface area contributed by atoms with E-state index in [4.69, 9.17) is 16.7 Å². The number of carboxylic acids is 1. The normalized spacial score (nSPS) is 10.2. The highest BCUT2D eigenvalue weighted by atomic mass is 35.5. The lowest BCUT2D eigenvalue weighted by atomic mass is 10.1. The largest absolute Gasteiger partial charge is 0.478 e. The van der Waals surface area contributed by atoms with E-state index in [9.17, 15) is 4.79 Å². The topological polar surface area (TPSA) is 62.2 Å². The third-order valence-electron chi connectivity index (χ3n) is 2.12. The van der Waals surface area contributed by atoms with Gasteiger partial charge in [0.2, 0.25) is 0 Å². The van der Waals surface area contributed by atoms with Crippen LogP contribution in [0.2, 0.25) is 5.15 Å². The Balaban J connectivity index is 1.97. The lowest BCUT2D eigenvalue weighted by molar-refractivity contribution is 0.0697. The van der Waals surface area contributed by atoms with Crippen molar-refractivity contribution in [2.45, 2.75) is 6.54 Å². The van der Waals surface area contributed by atoms with E-state index in [1.807, 2.05) is 0 Å². The average Bonchev–Trinajstić information content (AvgIpc) is 2.73. The molecule has 17 heavy (non-hydrogen) atoms. The molecule has 0 atom stereocenters. The van der Waals surface area contributed by atoms with Crippen LogP contribution in [0.5, 0.6) is 0 Å². The molecular weight excluding hydrogens is 260 g/mol. The molecule has 4 nitrogen and oxygen atoms in total. The first-order chi connectivity index (χ1) is 8.15. The molecule has 2 N–H and O–H groups in total. The van der Waals surface area contributed by atoms with Crippen molar-refractivity contribution in [3.63, 3.8) is 0 Å². The molecule has 0 fully saturated rings. The van der Waals surface area contributed by atoms with E-state index in [2.05, 4.69) is 10.3 Å². The summed E-state index contributed by atoms with van der Waals surface area (Å²) in [6, 6.07) is 6.69. The number of nitrogens with zero attached hydrogens (tertiary/aromatic N) is 1. The summed E-state index contributed by atoms with van der Waals surface area (Å²) in [6.07, 6.45) is 0. The summed E-state index contributed by atoms with van der Waals surface area (Å²) in [5.41, 5.74) is 1.27. The number of benzene rings is 1. The van der Waals surface area contributed by atoms with Crippen LogP contribution in [0.15, 0.2) is 29.6 Å². The molecule has 0 aliphatic heterocycles. The van der Waals surface area contributed by atoms with Crippen LogP contribution in [0.4, 0.5) is 5.13 Å². The predicted molar refractivity (Wildman–Crippen MR) is 67.9 cm³/mol. The van der Waals surface area contributed by atoms with Crippen molar-refractivity contribution in [2.75, 3.05) is 5.32 Å². The third kappa shape index (κ3) is 3.18. The summed E-state index contributed by atoms with van der Waals surface area (Å²) < 4.78 is 0. The van der Waals surface area contributed by atoms with Crippen LogP contribution >= 0.6 is 22.9 Å². The van der Waals surface area contributed by atoms with E-state index >= 15 is 0 Å². The fourth-order valence-corrected chi connectivity index (χ4v) is 2.11. The molecule has 6 heteroatoms. The Labute approximate surface area is 107 Å². The maximum absolute atomic E-state index is 10.7. The smallest absolute Gasteiger partial charge is 0.335 e. The van der Waals surface area contributed by atoms with Gasteiger partial charge >= 0.3 is 5.97 Å². The lowest BCUT2D eigenvalue weighted by Crippen LogP contribution is -2.00. The van der Waals surface area contributed by atoms with E-state index in [1.165, 1.54) is 11.3 Å². The fraction of sp³-hybridized carbons (Fsp3) is 0.0909. The van der Waals surface area contributed by atoms with Crippen molar-refractivity contribution < 1.29 is 9.90 Å². The summed E-state index contributed by atoms with van der Waals surface area (Å²) in [6.45, 7) is 0.587. The first kappa shape index (κ1) is 11.9. The summed E-state index contributed by atoms with van der Waals surface area (Å²) in [4.78, 5) is 14.7. The molecule has 1 heterocycles. The molecular formula is C11H9ClN2O2S. The maximum atomic E-state index is 10.7. The number of rotatable bonds is 4. The molecule has 88 valence electrons. The molecule has 0 saturated heterocycles. The molecule has 1 aromatic carbocycles. The Kier molecular flexibility index (Phi) is 3.61. The minimum atomic E-state index is -0.920. The number of hydrogen-bond acceptors (Lipinski definition) is 4. The van der Waals surface area contributed by atoms with Crippen molar-refractivity contribution in [2.24, 2.45) is 0 Å². The number of carbonyl (C=O) groups is 1. The maximum Gasteiger partial charge on any atom is 0.335 e. The fourth-order valence-electron chi connectivity index (χ4n) is 1.28. The Morgan fingerprint density at radius 3 is 2.65 bits per heavy atom. The van der Waals surface area contributed by atoms with Gasteiger partial charge in [0.05, 0.1) is 5.56 Å². The van der Waals surface area contributed by atoms with Crippen LogP contribution in [0.1, 0.15) is 15.9 Å². The van der Waals surface area contributed by atoms with Gasteiger partial charge in [0, 0.05) is 11.9 Å². The second-order valence-electron chi connectivity index (χ2n) is 3.33. The van der Waals surface area contributed by atoms with Gasteiger partial charge in [0.15, 0.2) is 5.13 Å². The van der Waals surface area contributed by atoms with Gasteiger partial charge in [-0.3, -0.25) is 0 Å². The molecule has 1 aromatic heterocycles. The van der Waals surface area contributed by atoms with Gasteiger partial charge in [0.25, 0.3) is 0 Å². The first-order valence-electron chi connectivity index (χ1n) is 4.82. The Morgan fingerprint density at radius 1 is 1.41 bits per heavy atom. The number of halogens is 1. The average molecular weight is 269 g/mol. The number of nitrogens with one attached hydrogen (secondary N) is 1. The standard InChI is InChI=1S/C11H9ClN2O2S/c12-9-6-17-11(14-9)13-5-7-1-3-8(4-2-7)10(15)16/h1-4,6H,5H2,(H,13,14)(H,15,16). The second kappa shape index (κ2) is 5.16. The number of anilines is 1. The van der Waals surface area contributed by atoms with Crippen molar-refractivity contribution in [3.05, 3.63) is 45.9 Å². The van der Waals surface area contributed by atoms with Crippen molar-refractivity contribution >= 4 is 34.0 Å². The van der Waals surface area contributed by atoms with Crippen LogP contribution in [0, 0.1) is 0 Å². The van der Waals surface area contributed by atoms with E-state index < -0.39 is 5.97 Å². The van der Waals surface area contributed by atoms with Crippen molar-refractivity contribution in [1.29, 1.82) is 0 Å². The molecule has 0 spiro atoms. The van der Waals surface area contributed by atoms with E-state index in [-0.39, 0.29) is 5.56 Å². The van der Waals surface area contributed by atoms with Crippen LogP contribution in [0.25, 0.3) is 0 Å². The molecule has 0 radical (unpaired) electrons. The SMILES string of the molecule is O=C(O)c1ccc(CNc2nc(Cl)cs2)cc1. The zero-order chi connectivity index (χ0) is 12.3. The van der Waals surface area contributed by atoms with Gasteiger partial charge in [-0.2, -0.15) is 0 Å². The predicted octanol–water partition coefficient (Wildman–Crippen LogP) is 3.11. The Morgan fingerprint density at radius 2 is 2.12 bits per heavy atom. The van der Waals surface area contributed by atoms with Gasteiger partial charge in [-0.15, -0.1) is 11.3 Å². The quantitative estimate of drug-likeness (QED) is 0.894. The molecule has 0 aliphatic carbocycles. The highest BCUT2D eigenvalue weighted by Gasteiger charge is 2.02. The summed E-state index contributed by atoms with van der Waals surface area (Å²) in [5.74, 6) is -0.920. The zero-order valence-electron chi connectivity index (χ0n) is 8.68. The van der Waals surface area contributed by atoms with Crippen molar-refractivity contribution in [3.8, 4) is 0 Å². The third-order valence-corrected chi connectivity index (χ3v) is 3.24. The molecule has 0 bridgehead atoms. The molecule has 2 aromatic rings. The molecule has 2 rings (SSSR count). The molecule has 0 aliphatic rings. The van der Waals surface area contributed by atoms with Crippen LogP contribution in [0.3, 0.4) is 0 Å². The minimum Gasteiger partial charge on any atom is -0.478 e. The van der Waals surface area contributed by atoms with Crippen molar-refractivity contribution in [1.82, 2.24) is 4.98 Å². The number of hydrogen-bond donors (Lipinski definition) is 2. The number of aromatic nitrogens is 1. The van der Waals surface area contributed by atoms with Gasteiger partial charge in [-0.1, -0.05) is 23.7 Å². The number of aromatic carboxylic acids is 1. The van der Waals surface area contributed by atoms with E-state index in [1.54, 1.807) is 29.6 Å². The summed E-state index contributed by atoms with van der Waals surface area (Å²) in [5, 5.41) is 14.8. The van der Waals surface area contributed by atoms with Gasteiger partial charge in [-0.05, 0) is 17.7 Å². The zero-order valence-corrected chi connectivity index (χ0v) is 10.3. The van der Waals surface area contributed by atoms with E-state index in [0.717, 1.165) is 10.7 Å². The van der Waals surface area contributed by atoms with Gasteiger partial charge in [0.1, 0.15) is 5.15 Å². The monoisotopic (exact) mass is 268 g/mol. The van der Waals surface area contributed by atoms with E-state index in [0.29, 0.717) is 11.7 Å². The Bertz CT molecular complexity index is 525. The Hall–Kier alpha value is -1.59. The highest BCUT2D eigenvalue weighted by Crippen LogP contribution is 2.19. The lowest BCUT2D eigenvalue weighted by Gasteiger charge is -2.03. The minimum absolute atomic E-state index is 0.283. The number of thiazole rings is 1. The van der Waals surface area contributed by atoms with Crippen LogP contribution in [-0.4, -0.2) is 16.1 Å². The summed E-state index contributed by atoms with van der Waals surface area (Å²) in [7, 11) is 0.